The van der Waals surface area contributed by atoms with E-state index in [2.05, 4.69) is 57.0 Å². The summed E-state index contributed by atoms with van der Waals surface area (Å²) in [4.78, 5) is 2.64. The molecular formula is C18H29ClN2. The first-order valence-corrected chi connectivity index (χ1v) is 8.35. The number of halogens is 1. The summed E-state index contributed by atoms with van der Waals surface area (Å²) >= 11 is 6.00. The van der Waals surface area contributed by atoms with E-state index in [0.717, 1.165) is 31.1 Å². The van der Waals surface area contributed by atoms with Crippen molar-refractivity contribution < 1.29 is 0 Å². The molecule has 2 atom stereocenters. The van der Waals surface area contributed by atoms with Gasteiger partial charge >= 0.3 is 0 Å². The van der Waals surface area contributed by atoms with Gasteiger partial charge in [-0.25, -0.2) is 0 Å². The van der Waals surface area contributed by atoms with Gasteiger partial charge in [0.25, 0.3) is 0 Å². The summed E-state index contributed by atoms with van der Waals surface area (Å²) in [6.07, 6.45) is 1.15. The number of benzene rings is 1. The zero-order chi connectivity index (χ0) is 15.7. The monoisotopic (exact) mass is 308 g/mol. The smallest absolute Gasteiger partial charge is 0.0406 e. The van der Waals surface area contributed by atoms with E-state index < -0.39 is 0 Å². The SMILES string of the molecule is CCC1(C)CN(Cc2ccc(Cl)cc2)C(C(C)(C)C)CN1. The molecule has 0 bridgehead atoms. The van der Waals surface area contributed by atoms with Crippen LogP contribution >= 0.6 is 11.6 Å². The molecule has 3 heteroatoms. The number of piperazine rings is 1. The van der Waals surface area contributed by atoms with Crippen molar-refractivity contribution in [2.24, 2.45) is 5.41 Å². The van der Waals surface area contributed by atoms with Gasteiger partial charge in [-0.3, -0.25) is 4.90 Å². The molecule has 0 spiro atoms. The van der Waals surface area contributed by atoms with Gasteiger partial charge in [-0.1, -0.05) is 51.4 Å². The number of hydrogen-bond acceptors (Lipinski definition) is 2. The Morgan fingerprint density at radius 1 is 1.29 bits per heavy atom. The van der Waals surface area contributed by atoms with Crippen LogP contribution in [0.25, 0.3) is 0 Å². The fourth-order valence-electron chi connectivity index (χ4n) is 3.17. The van der Waals surface area contributed by atoms with E-state index in [1.807, 2.05) is 12.1 Å². The van der Waals surface area contributed by atoms with Crippen molar-refractivity contribution in [3.05, 3.63) is 34.9 Å². The zero-order valence-electron chi connectivity index (χ0n) is 14.0. The van der Waals surface area contributed by atoms with E-state index in [0.29, 0.717) is 6.04 Å². The zero-order valence-corrected chi connectivity index (χ0v) is 14.8. The average molecular weight is 309 g/mol. The summed E-state index contributed by atoms with van der Waals surface area (Å²) in [7, 11) is 0. The van der Waals surface area contributed by atoms with Gasteiger partial charge in [0.15, 0.2) is 0 Å². The Labute approximate surface area is 134 Å². The molecule has 1 saturated heterocycles. The maximum absolute atomic E-state index is 6.00. The van der Waals surface area contributed by atoms with E-state index in [1.165, 1.54) is 5.56 Å². The van der Waals surface area contributed by atoms with Crippen LogP contribution in [0.2, 0.25) is 5.02 Å². The molecule has 1 fully saturated rings. The molecule has 1 aliphatic rings. The molecule has 2 unspecified atom stereocenters. The number of nitrogens with zero attached hydrogens (tertiary/aromatic N) is 1. The van der Waals surface area contributed by atoms with Gasteiger partial charge in [0.2, 0.25) is 0 Å². The number of rotatable bonds is 3. The van der Waals surface area contributed by atoms with E-state index in [-0.39, 0.29) is 11.0 Å². The Hall–Kier alpha value is -0.570. The highest BCUT2D eigenvalue weighted by atomic mass is 35.5. The maximum atomic E-state index is 6.00. The van der Waals surface area contributed by atoms with Crippen molar-refractivity contribution >= 4 is 11.6 Å². The first-order chi connectivity index (χ1) is 9.73. The highest BCUT2D eigenvalue weighted by Crippen LogP contribution is 2.31. The second kappa shape index (κ2) is 6.28. The molecule has 0 saturated carbocycles. The van der Waals surface area contributed by atoms with Crippen molar-refractivity contribution in [2.75, 3.05) is 13.1 Å². The van der Waals surface area contributed by atoms with E-state index in [4.69, 9.17) is 11.6 Å². The predicted molar refractivity (Wildman–Crippen MR) is 91.8 cm³/mol. The highest BCUT2D eigenvalue weighted by molar-refractivity contribution is 6.30. The standard InChI is InChI=1S/C18H29ClN2/c1-6-18(5)13-21(16(11-20-18)17(2,3)4)12-14-7-9-15(19)10-8-14/h7-10,16,20H,6,11-13H2,1-5H3. The van der Waals surface area contributed by atoms with Gasteiger partial charge in [0.1, 0.15) is 0 Å². The van der Waals surface area contributed by atoms with Crippen molar-refractivity contribution in [2.45, 2.75) is 59.2 Å². The van der Waals surface area contributed by atoms with E-state index in [1.54, 1.807) is 0 Å². The van der Waals surface area contributed by atoms with Crippen molar-refractivity contribution in [3.63, 3.8) is 0 Å². The minimum absolute atomic E-state index is 0.216. The number of nitrogens with one attached hydrogen (secondary N) is 1. The van der Waals surface area contributed by atoms with Gasteiger partial charge in [-0.05, 0) is 36.5 Å². The Bertz CT molecular complexity index is 463. The summed E-state index contributed by atoms with van der Waals surface area (Å²) in [6, 6.07) is 8.82. The quantitative estimate of drug-likeness (QED) is 0.894. The molecule has 1 heterocycles. The molecular weight excluding hydrogens is 280 g/mol. The molecule has 1 aromatic carbocycles. The lowest BCUT2D eigenvalue weighted by Gasteiger charge is -2.50. The number of hydrogen-bond donors (Lipinski definition) is 1. The molecule has 0 radical (unpaired) electrons. The molecule has 21 heavy (non-hydrogen) atoms. The molecule has 2 nitrogen and oxygen atoms in total. The van der Waals surface area contributed by atoms with Gasteiger partial charge in [0.05, 0.1) is 0 Å². The molecule has 0 aromatic heterocycles. The van der Waals surface area contributed by atoms with Gasteiger partial charge in [0, 0.05) is 36.2 Å². The van der Waals surface area contributed by atoms with Crippen LogP contribution in [0.3, 0.4) is 0 Å². The van der Waals surface area contributed by atoms with E-state index in [9.17, 15) is 0 Å². The predicted octanol–water partition coefficient (Wildman–Crippen LogP) is 4.33. The first kappa shape index (κ1) is 16.8. The molecule has 1 N–H and O–H groups in total. The van der Waals surface area contributed by atoms with Gasteiger partial charge in [-0.2, -0.15) is 0 Å². The fourth-order valence-corrected chi connectivity index (χ4v) is 3.29. The molecule has 1 aromatic rings. The van der Waals surface area contributed by atoms with Crippen LogP contribution < -0.4 is 5.32 Å². The molecule has 1 aliphatic heterocycles. The third-order valence-electron chi connectivity index (χ3n) is 4.79. The third-order valence-corrected chi connectivity index (χ3v) is 5.05. The second-order valence-corrected chi connectivity index (χ2v) is 8.14. The van der Waals surface area contributed by atoms with Crippen LogP contribution in [0.5, 0.6) is 0 Å². The minimum atomic E-state index is 0.216. The maximum Gasteiger partial charge on any atom is 0.0406 e. The summed E-state index contributed by atoms with van der Waals surface area (Å²) in [5.41, 5.74) is 1.83. The largest absolute Gasteiger partial charge is 0.309 e. The van der Waals surface area contributed by atoms with Crippen molar-refractivity contribution in [1.29, 1.82) is 0 Å². The average Bonchev–Trinajstić information content (AvgIpc) is 2.40. The van der Waals surface area contributed by atoms with Crippen molar-refractivity contribution in [3.8, 4) is 0 Å². The lowest BCUT2D eigenvalue weighted by Crippen LogP contribution is -2.65. The van der Waals surface area contributed by atoms with Crippen LogP contribution in [0, 0.1) is 5.41 Å². The molecule has 0 amide bonds. The molecule has 0 aliphatic carbocycles. The van der Waals surface area contributed by atoms with E-state index >= 15 is 0 Å². The van der Waals surface area contributed by atoms with Crippen LogP contribution in [0.1, 0.15) is 46.6 Å². The minimum Gasteiger partial charge on any atom is -0.309 e. The first-order valence-electron chi connectivity index (χ1n) is 7.97. The van der Waals surface area contributed by atoms with Crippen LogP contribution in [-0.2, 0) is 6.54 Å². The van der Waals surface area contributed by atoms with Crippen LogP contribution in [0.4, 0.5) is 0 Å². The van der Waals surface area contributed by atoms with Gasteiger partial charge in [-0.15, -0.1) is 0 Å². The van der Waals surface area contributed by atoms with Crippen molar-refractivity contribution in [1.82, 2.24) is 10.2 Å². The topological polar surface area (TPSA) is 15.3 Å². The van der Waals surface area contributed by atoms with Crippen LogP contribution in [-0.4, -0.2) is 29.6 Å². The Kier molecular flexibility index (Phi) is 5.02. The molecule has 118 valence electrons. The Morgan fingerprint density at radius 3 is 2.43 bits per heavy atom. The normalized spacial score (nSPS) is 27.8. The molecule has 2 rings (SSSR count). The summed E-state index contributed by atoms with van der Waals surface area (Å²) in [5, 5.41) is 4.57. The van der Waals surface area contributed by atoms with Crippen LogP contribution in [0.15, 0.2) is 24.3 Å². The summed E-state index contributed by atoms with van der Waals surface area (Å²) in [6.45, 7) is 14.8. The summed E-state index contributed by atoms with van der Waals surface area (Å²) < 4.78 is 0. The lowest BCUT2D eigenvalue weighted by molar-refractivity contribution is 0.0204. The fraction of sp³-hybridized carbons (Fsp3) is 0.667. The Morgan fingerprint density at radius 2 is 1.90 bits per heavy atom. The third kappa shape index (κ3) is 4.21. The lowest BCUT2D eigenvalue weighted by atomic mass is 9.81. The second-order valence-electron chi connectivity index (χ2n) is 7.71. The Balaban J connectivity index is 2.18. The summed E-state index contributed by atoms with van der Waals surface area (Å²) in [5.74, 6) is 0. The van der Waals surface area contributed by atoms with Gasteiger partial charge < -0.3 is 5.32 Å². The highest BCUT2D eigenvalue weighted by Gasteiger charge is 2.39.